The van der Waals surface area contributed by atoms with Crippen LogP contribution in [-0.4, -0.2) is 16.7 Å². The van der Waals surface area contributed by atoms with Crippen LogP contribution in [0.2, 0.25) is 0 Å². The molecule has 0 amide bonds. The first-order valence-corrected chi connectivity index (χ1v) is 6.74. The summed E-state index contributed by atoms with van der Waals surface area (Å²) in [5, 5.41) is 0. The highest BCUT2D eigenvalue weighted by Crippen LogP contribution is 2.27. The molecule has 3 aromatic rings. The molecule has 1 heterocycles. The van der Waals surface area contributed by atoms with Gasteiger partial charge in [-0.1, -0.05) is 0 Å². The average molecular weight is 309 g/mol. The fourth-order valence-electron chi connectivity index (χ4n) is 2.23. The Labute approximate surface area is 124 Å². The van der Waals surface area contributed by atoms with Crippen molar-refractivity contribution in [1.29, 1.82) is 0 Å². The van der Waals surface area contributed by atoms with E-state index < -0.39 is 11.6 Å². The number of methoxy groups -OCH3 is 1. The van der Waals surface area contributed by atoms with Crippen molar-refractivity contribution in [2.75, 3.05) is 7.11 Å². The normalized spacial score (nSPS) is 11.0. The number of alkyl halides is 1. The quantitative estimate of drug-likeness (QED) is 0.683. The summed E-state index contributed by atoms with van der Waals surface area (Å²) in [4.78, 5) is 4.39. The summed E-state index contributed by atoms with van der Waals surface area (Å²) in [5.74, 6) is -0.472. The van der Waals surface area contributed by atoms with Gasteiger partial charge >= 0.3 is 0 Å². The molecule has 3 nitrogen and oxygen atoms in total. The van der Waals surface area contributed by atoms with E-state index in [1.54, 1.807) is 29.9 Å². The predicted octanol–water partition coefficient (Wildman–Crippen LogP) is 4.05. The minimum absolute atomic E-state index is 0.149. The first-order valence-electron chi connectivity index (χ1n) is 6.21. The Balaban J connectivity index is 2.30. The standard InChI is InChI=1S/C15H11ClF2N2O/c1-21-10-3-5-13-14(7-10)20(15(8-16)19-13)9-2-4-11(17)12(18)6-9/h2-7H,8H2,1H3. The zero-order valence-corrected chi connectivity index (χ0v) is 11.9. The summed E-state index contributed by atoms with van der Waals surface area (Å²) in [6.45, 7) is 0. The average Bonchev–Trinajstić information content (AvgIpc) is 2.87. The van der Waals surface area contributed by atoms with E-state index in [1.807, 2.05) is 0 Å². The Morgan fingerprint density at radius 2 is 1.95 bits per heavy atom. The number of halogens is 3. The highest BCUT2D eigenvalue weighted by molar-refractivity contribution is 6.17. The summed E-state index contributed by atoms with van der Waals surface area (Å²) in [5.41, 5.74) is 1.88. The summed E-state index contributed by atoms with van der Waals surface area (Å²) in [6.07, 6.45) is 0. The van der Waals surface area contributed by atoms with E-state index in [1.165, 1.54) is 6.07 Å². The minimum Gasteiger partial charge on any atom is -0.497 e. The number of nitrogens with zero attached hydrogens (tertiary/aromatic N) is 2. The van der Waals surface area contributed by atoms with Crippen molar-refractivity contribution in [3.8, 4) is 11.4 Å². The highest BCUT2D eigenvalue weighted by atomic mass is 35.5. The molecule has 3 rings (SSSR count). The fourth-order valence-corrected chi connectivity index (χ4v) is 2.41. The van der Waals surface area contributed by atoms with Gasteiger partial charge < -0.3 is 4.74 Å². The molecule has 6 heteroatoms. The molecular weight excluding hydrogens is 298 g/mol. The Hall–Kier alpha value is -2.14. The van der Waals surface area contributed by atoms with Gasteiger partial charge in [-0.3, -0.25) is 4.57 Å². The SMILES string of the molecule is COc1ccc2nc(CCl)n(-c3ccc(F)c(F)c3)c2c1. The van der Waals surface area contributed by atoms with Gasteiger partial charge in [0.05, 0.1) is 29.7 Å². The molecule has 0 aliphatic carbocycles. The summed E-state index contributed by atoms with van der Waals surface area (Å²) in [6, 6.07) is 9.03. The van der Waals surface area contributed by atoms with E-state index in [4.69, 9.17) is 16.3 Å². The van der Waals surface area contributed by atoms with Gasteiger partial charge in [0.1, 0.15) is 11.6 Å². The zero-order chi connectivity index (χ0) is 15.0. The number of aromatic nitrogens is 2. The fraction of sp³-hybridized carbons (Fsp3) is 0.133. The molecule has 0 fully saturated rings. The first kappa shape index (κ1) is 13.8. The molecule has 0 aliphatic heterocycles. The molecule has 1 aromatic heterocycles. The van der Waals surface area contributed by atoms with Gasteiger partial charge in [0.15, 0.2) is 11.6 Å². The van der Waals surface area contributed by atoms with Crippen LogP contribution in [0.1, 0.15) is 5.82 Å². The van der Waals surface area contributed by atoms with E-state index in [9.17, 15) is 8.78 Å². The second kappa shape index (κ2) is 5.33. The third-order valence-electron chi connectivity index (χ3n) is 3.21. The van der Waals surface area contributed by atoms with Crippen molar-refractivity contribution in [3.05, 3.63) is 53.9 Å². The second-order valence-corrected chi connectivity index (χ2v) is 4.72. The van der Waals surface area contributed by atoms with Crippen LogP contribution in [0.15, 0.2) is 36.4 Å². The molecule has 0 unspecified atom stereocenters. The molecule has 108 valence electrons. The van der Waals surface area contributed by atoms with E-state index in [0.717, 1.165) is 17.6 Å². The smallest absolute Gasteiger partial charge is 0.160 e. The Kier molecular flexibility index (Phi) is 3.51. The lowest BCUT2D eigenvalue weighted by Crippen LogP contribution is -2.00. The van der Waals surface area contributed by atoms with Crippen molar-refractivity contribution in [3.63, 3.8) is 0 Å². The largest absolute Gasteiger partial charge is 0.497 e. The molecule has 0 bridgehead atoms. The Bertz CT molecular complexity index is 817. The van der Waals surface area contributed by atoms with Gasteiger partial charge in [0, 0.05) is 12.1 Å². The van der Waals surface area contributed by atoms with Crippen LogP contribution in [0, 0.1) is 11.6 Å². The first-order chi connectivity index (χ1) is 10.1. The van der Waals surface area contributed by atoms with Crippen LogP contribution in [0.25, 0.3) is 16.7 Å². The molecule has 0 saturated carbocycles. The lowest BCUT2D eigenvalue weighted by atomic mass is 10.2. The molecule has 0 spiro atoms. The van der Waals surface area contributed by atoms with Gasteiger partial charge in [-0.05, 0) is 24.3 Å². The number of fused-ring (bicyclic) bond motifs is 1. The zero-order valence-electron chi connectivity index (χ0n) is 11.1. The lowest BCUT2D eigenvalue weighted by molar-refractivity contribution is 0.415. The molecule has 0 saturated heterocycles. The highest BCUT2D eigenvalue weighted by Gasteiger charge is 2.14. The molecular formula is C15H11ClF2N2O. The van der Waals surface area contributed by atoms with Crippen molar-refractivity contribution < 1.29 is 13.5 Å². The topological polar surface area (TPSA) is 27.1 Å². The molecule has 0 N–H and O–H groups in total. The maximum absolute atomic E-state index is 13.5. The van der Waals surface area contributed by atoms with Crippen LogP contribution in [-0.2, 0) is 5.88 Å². The molecule has 0 atom stereocenters. The van der Waals surface area contributed by atoms with Crippen LogP contribution >= 0.6 is 11.6 Å². The number of imidazole rings is 1. The summed E-state index contributed by atoms with van der Waals surface area (Å²) in [7, 11) is 1.56. The van der Waals surface area contributed by atoms with E-state index >= 15 is 0 Å². The maximum atomic E-state index is 13.5. The third kappa shape index (κ3) is 2.34. The van der Waals surface area contributed by atoms with Crippen LogP contribution < -0.4 is 4.74 Å². The Morgan fingerprint density at radius 1 is 1.14 bits per heavy atom. The molecule has 2 aromatic carbocycles. The van der Waals surface area contributed by atoms with Crippen molar-refractivity contribution in [2.24, 2.45) is 0 Å². The van der Waals surface area contributed by atoms with Crippen LogP contribution in [0.5, 0.6) is 5.75 Å². The number of benzene rings is 2. The number of hydrogen-bond donors (Lipinski definition) is 0. The van der Waals surface area contributed by atoms with Crippen molar-refractivity contribution in [2.45, 2.75) is 5.88 Å². The van der Waals surface area contributed by atoms with Crippen LogP contribution in [0.4, 0.5) is 8.78 Å². The summed E-state index contributed by atoms with van der Waals surface area (Å²) >= 11 is 5.92. The monoisotopic (exact) mass is 308 g/mol. The van der Waals surface area contributed by atoms with E-state index in [0.29, 0.717) is 22.8 Å². The third-order valence-corrected chi connectivity index (χ3v) is 3.45. The van der Waals surface area contributed by atoms with Gasteiger partial charge in [-0.25, -0.2) is 13.8 Å². The van der Waals surface area contributed by atoms with Gasteiger partial charge in [-0.2, -0.15) is 0 Å². The molecule has 0 radical (unpaired) electrons. The van der Waals surface area contributed by atoms with Crippen LogP contribution in [0.3, 0.4) is 0 Å². The van der Waals surface area contributed by atoms with Crippen molar-refractivity contribution >= 4 is 22.6 Å². The second-order valence-electron chi connectivity index (χ2n) is 4.45. The number of hydrogen-bond acceptors (Lipinski definition) is 2. The van der Waals surface area contributed by atoms with Crippen molar-refractivity contribution in [1.82, 2.24) is 9.55 Å². The Morgan fingerprint density at radius 3 is 2.62 bits per heavy atom. The van der Waals surface area contributed by atoms with E-state index in [2.05, 4.69) is 4.98 Å². The lowest BCUT2D eigenvalue weighted by Gasteiger charge is -2.09. The van der Waals surface area contributed by atoms with E-state index in [-0.39, 0.29) is 5.88 Å². The summed E-state index contributed by atoms with van der Waals surface area (Å²) < 4.78 is 33.5. The number of ether oxygens (including phenoxy) is 1. The molecule has 21 heavy (non-hydrogen) atoms. The predicted molar refractivity (Wildman–Crippen MR) is 77.1 cm³/mol. The van der Waals surface area contributed by atoms with Gasteiger partial charge in [0.2, 0.25) is 0 Å². The maximum Gasteiger partial charge on any atom is 0.160 e. The number of rotatable bonds is 3. The molecule has 0 aliphatic rings. The van der Waals surface area contributed by atoms with Gasteiger partial charge in [-0.15, -0.1) is 11.6 Å². The van der Waals surface area contributed by atoms with Gasteiger partial charge in [0.25, 0.3) is 0 Å². The minimum atomic E-state index is -0.919.